The van der Waals surface area contributed by atoms with Gasteiger partial charge in [0, 0.05) is 36.7 Å². The van der Waals surface area contributed by atoms with Crippen LogP contribution in [0.15, 0.2) is 29.4 Å². The minimum atomic E-state index is 0. The molecular formula is C19H29IN4. The lowest BCUT2D eigenvalue weighted by Crippen LogP contribution is -2.43. The van der Waals surface area contributed by atoms with E-state index >= 15 is 0 Å². The molecule has 0 bridgehead atoms. The molecule has 1 aliphatic heterocycles. The van der Waals surface area contributed by atoms with E-state index < -0.39 is 0 Å². The second-order valence-electron chi connectivity index (χ2n) is 6.69. The minimum absolute atomic E-state index is 0. The predicted molar refractivity (Wildman–Crippen MR) is 113 cm³/mol. The van der Waals surface area contributed by atoms with Crippen molar-refractivity contribution in [2.75, 3.05) is 19.6 Å². The molecule has 2 heterocycles. The molecule has 2 aromatic rings. The molecule has 24 heavy (non-hydrogen) atoms. The van der Waals surface area contributed by atoms with Gasteiger partial charge < -0.3 is 15.6 Å². The number of hydrogen-bond acceptors (Lipinski definition) is 1. The van der Waals surface area contributed by atoms with E-state index in [1.54, 1.807) is 0 Å². The molecule has 1 saturated heterocycles. The number of nitrogens with two attached hydrogens (primary N) is 1. The Morgan fingerprint density at radius 2 is 2.21 bits per heavy atom. The fourth-order valence-electron chi connectivity index (χ4n) is 3.57. The molecule has 1 aromatic heterocycles. The normalized spacial score (nSPS) is 18.7. The first-order valence-electron chi connectivity index (χ1n) is 8.81. The van der Waals surface area contributed by atoms with Gasteiger partial charge in [-0.2, -0.15) is 0 Å². The quantitative estimate of drug-likeness (QED) is 0.430. The van der Waals surface area contributed by atoms with Gasteiger partial charge in [-0.25, -0.2) is 0 Å². The third-order valence-corrected chi connectivity index (χ3v) is 4.90. The Kier molecular flexibility index (Phi) is 6.95. The number of likely N-dealkylation sites (tertiary alicyclic amines) is 1. The molecule has 0 saturated carbocycles. The highest BCUT2D eigenvalue weighted by Gasteiger charge is 2.17. The fraction of sp³-hybridized carbons (Fsp3) is 0.526. The van der Waals surface area contributed by atoms with E-state index in [0.29, 0.717) is 5.96 Å². The minimum Gasteiger partial charge on any atom is -0.370 e. The number of rotatable bonds is 4. The SMILES string of the molecule is CCc1cccc2c(CCN=C(N)N3CCCC(C)C3)c[nH]c12.I. The highest BCUT2D eigenvalue weighted by Crippen LogP contribution is 2.22. The Bertz CT molecular complexity index is 692. The van der Waals surface area contributed by atoms with Gasteiger partial charge in [-0.05, 0) is 42.7 Å². The molecule has 132 valence electrons. The van der Waals surface area contributed by atoms with Gasteiger partial charge in [0.25, 0.3) is 0 Å². The Labute approximate surface area is 161 Å². The summed E-state index contributed by atoms with van der Waals surface area (Å²) in [6, 6.07) is 6.53. The van der Waals surface area contributed by atoms with Crippen LogP contribution in [-0.2, 0) is 12.8 Å². The van der Waals surface area contributed by atoms with Crippen molar-refractivity contribution in [1.29, 1.82) is 0 Å². The number of hydrogen-bond donors (Lipinski definition) is 2. The Hall–Kier alpha value is -1.24. The smallest absolute Gasteiger partial charge is 0.191 e. The summed E-state index contributed by atoms with van der Waals surface area (Å²) in [7, 11) is 0. The van der Waals surface area contributed by atoms with E-state index in [0.717, 1.165) is 38.4 Å². The Balaban J connectivity index is 0.00000208. The first kappa shape index (κ1) is 19.1. The number of fused-ring (bicyclic) bond motifs is 1. The molecule has 4 nitrogen and oxygen atoms in total. The molecule has 1 unspecified atom stereocenters. The predicted octanol–water partition coefficient (Wildman–Crippen LogP) is 3.94. The summed E-state index contributed by atoms with van der Waals surface area (Å²) in [4.78, 5) is 10.3. The Morgan fingerprint density at radius 1 is 1.38 bits per heavy atom. The van der Waals surface area contributed by atoms with Crippen molar-refractivity contribution in [3.8, 4) is 0 Å². The van der Waals surface area contributed by atoms with Crippen molar-refractivity contribution in [3.63, 3.8) is 0 Å². The molecule has 0 amide bonds. The summed E-state index contributed by atoms with van der Waals surface area (Å²) in [6.07, 6.45) is 6.63. The van der Waals surface area contributed by atoms with Gasteiger partial charge in [0.05, 0.1) is 0 Å². The zero-order valence-corrected chi connectivity index (χ0v) is 17.0. The van der Waals surface area contributed by atoms with Crippen LogP contribution in [0.5, 0.6) is 0 Å². The first-order valence-corrected chi connectivity index (χ1v) is 8.81. The number of halogens is 1. The number of aromatic amines is 1. The van der Waals surface area contributed by atoms with Crippen molar-refractivity contribution < 1.29 is 0 Å². The van der Waals surface area contributed by atoms with Gasteiger partial charge >= 0.3 is 0 Å². The van der Waals surface area contributed by atoms with Gasteiger partial charge in [0.1, 0.15) is 0 Å². The molecule has 5 heteroatoms. The number of aliphatic imine (C=N–C) groups is 1. The molecule has 1 fully saturated rings. The number of nitrogens with one attached hydrogen (secondary N) is 1. The fourth-order valence-corrected chi connectivity index (χ4v) is 3.57. The molecule has 1 aliphatic rings. The number of aromatic nitrogens is 1. The molecule has 0 radical (unpaired) electrons. The van der Waals surface area contributed by atoms with Crippen LogP contribution in [0.25, 0.3) is 10.9 Å². The lowest BCUT2D eigenvalue weighted by molar-refractivity contribution is 0.270. The molecular weight excluding hydrogens is 411 g/mol. The van der Waals surface area contributed by atoms with Crippen LogP contribution in [0.1, 0.15) is 37.8 Å². The number of piperidine rings is 1. The van der Waals surface area contributed by atoms with Crippen LogP contribution in [-0.4, -0.2) is 35.5 Å². The number of nitrogens with zero attached hydrogens (tertiary/aromatic N) is 2. The molecule has 1 atom stereocenters. The summed E-state index contributed by atoms with van der Waals surface area (Å²) in [6.45, 7) is 7.32. The topological polar surface area (TPSA) is 57.4 Å². The summed E-state index contributed by atoms with van der Waals surface area (Å²) in [5.74, 6) is 1.43. The van der Waals surface area contributed by atoms with Gasteiger partial charge in [0.2, 0.25) is 0 Å². The van der Waals surface area contributed by atoms with Crippen LogP contribution >= 0.6 is 24.0 Å². The van der Waals surface area contributed by atoms with Gasteiger partial charge in [0.15, 0.2) is 5.96 Å². The molecule has 3 rings (SSSR count). The summed E-state index contributed by atoms with van der Waals surface area (Å²) in [5, 5.41) is 1.32. The number of para-hydroxylation sites is 1. The molecule has 1 aromatic carbocycles. The van der Waals surface area contributed by atoms with Crippen LogP contribution in [0, 0.1) is 5.92 Å². The number of guanidine groups is 1. The third-order valence-electron chi connectivity index (χ3n) is 4.90. The number of aryl methyl sites for hydroxylation is 1. The van der Waals surface area contributed by atoms with E-state index in [2.05, 4.69) is 53.1 Å². The van der Waals surface area contributed by atoms with E-state index in [4.69, 9.17) is 5.73 Å². The van der Waals surface area contributed by atoms with Gasteiger partial charge in [-0.15, -0.1) is 24.0 Å². The third kappa shape index (κ3) is 4.23. The van der Waals surface area contributed by atoms with Crippen molar-refractivity contribution >= 4 is 40.8 Å². The largest absolute Gasteiger partial charge is 0.370 e. The highest BCUT2D eigenvalue weighted by atomic mass is 127. The van der Waals surface area contributed by atoms with Crippen LogP contribution in [0.4, 0.5) is 0 Å². The standard InChI is InChI=1S/C19H28N4.HI/c1-3-15-7-4-8-17-16(12-22-18(15)17)9-10-21-19(20)23-11-5-6-14(2)13-23;/h4,7-8,12,14,22H,3,5-6,9-11,13H2,1-2H3,(H2,20,21);1H. The number of benzene rings is 1. The van der Waals surface area contributed by atoms with Crippen LogP contribution < -0.4 is 5.73 Å². The maximum absolute atomic E-state index is 6.18. The average Bonchev–Trinajstić information content (AvgIpc) is 2.98. The molecule has 0 aliphatic carbocycles. The van der Waals surface area contributed by atoms with Crippen molar-refractivity contribution in [3.05, 3.63) is 35.5 Å². The highest BCUT2D eigenvalue weighted by molar-refractivity contribution is 14.0. The maximum atomic E-state index is 6.18. The van der Waals surface area contributed by atoms with Gasteiger partial charge in [-0.1, -0.05) is 32.0 Å². The number of H-pyrrole nitrogens is 1. The van der Waals surface area contributed by atoms with Crippen molar-refractivity contribution in [2.45, 2.75) is 39.5 Å². The van der Waals surface area contributed by atoms with E-state index in [9.17, 15) is 0 Å². The van der Waals surface area contributed by atoms with E-state index in [-0.39, 0.29) is 24.0 Å². The van der Waals surface area contributed by atoms with Crippen LogP contribution in [0.2, 0.25) is 0 Å². The summed E-state index contributed by atoms with van der Waals surface area (Å²) >= 11 is 0. The molecule has 0 spiro atoms. The summed E-state index contributed by atoms with van der Waals surface area (Å²) < 4.78 is 0. The lowest BCUT2D eigenvalue weighted by Gasteiger charge is -2.31. The van der Waals surface area contributed by atoms with E-state index in [1.807, 2.05) is 0 Å². The second kappa shape index (κ2) is 8.74. The molecule has 3 N–H and O–H groups in total. The van der Waals surface area contributed by atoms with Crippen LogP contribution in [0.3, 0.4) is 0 Å². The average molecular weight is 440 g/mol. The zero-order valence-electron chi connectivity index (χ0n) is 14.7. The van der Waals surface area contributed by atoms with E-state index in [1.165, 1.54) is 34.9 Å². The maximum Gasteiger partial charge on any atom is 0.191 e. The second-order valence-corrected chi connectivity index (χ2v) is 6.69. The first-order chi connectivity index (χ1) is 11.2. The van der Waals surface area contributed by atoms with Crippen molar-refractivity contribution in [1.82, 2.24) is 9.88 Å². The van der Waals surface area contributed by atoms with Crippen molar-refractivity contribution in [2.24, 2.45) is 16.6 Å². The monoisotopic (exact) mass is 440 g/mol. The zero-order chi connectivity index (χ0) is 16.2. The lowest BCUT2D eigenvalue weighted by atomic mass is 10.0. The Morgan fingerprint density at radius 3 is 2.96 bits per heavy atom. The summed E-state index contributed by atoms with van der Waals surface area (Å²) in [5.41, 5.74) is 10.2. The van der Waals surface area contributed by atoms with Gasteiger partial charge in [-0.3, -0.25) is 4.99 Å².